The lowest BCUT2D eigenvalue weighted by atomic mass is 10.0. The molecule has 0 heterocycles. The van der Waals surface area contributed by atoms with E-state index >= 15 is 0 Å². The zero-order chi connectivity index (χ0) is 56.4. The second-order valence-corrected chi connectivity index (χ2v) is 23.4. The predicted molar refractivity (Wildman–Crippen MR) is 339 cm³/mol. The second-order valence-electron chi connectivity index (χ2n) is 23.4. The average Bonchev–Trinajstić information content (AvgIpc) is 3.44. The number of carbonyl (C=O) groups excluding carboxylic acids is 3. The molecule has 0 aromatic heterocycles. The molecular weight excluding hydrogens is 961 g/mol. The van der Waals surface area contributed by atoms with E-state index in [1.165, 1.54) is 238 Å². The molecule has 6 heteroatoms. The monoisotopic (exact) mass is 1090 g/mol. The van der Waals surface area contributed by atoms with Gasteiger partial charge >= 0.3 is 17.9 Å². The van der Waals surface area contributed by atoms with Crippen molar-refractivity contribution in [3.05, 3.63) is 48.6 Å². The van der Waals surface area contributed by atoms with E-state index in [1.807, 2.05) is 0 Å². The van der Waals surface area contributed by atoms with Gasteiger partial charge in [-0.25, -0.2) is 0 Å². The third kappa shape index (κ3) is 64.2. The number of allylic oxidation sites excluding steroid dienone is 8. The van der Waals surface area contributed by atoms with Crippen LogP contribution in [-0.4, -0.2) is 37.2 Å². The Morgan fingerprint density at radius 1 is 0.269 bits per heavy atom. The summed E-state index contributed by atoms with van der Waals surface area (Å²) in [4.78, 5) is 38.4. The molecule has 0 fully saturated rings. The fourth-order valence-corrected chi connectivity index (χ4v) is 10.4. The Bertz CT molecular complexity index is 1350. The first kappa shape index (κ1) is 75.4. The summed E-state index contributed by atoms with van der Waals surface area (Å²) in [6.45, 7) is 6.58. The van der Waals surface area contributed by atoms with Crippen molar-refractivity contribution in [1.29, 1.82) is 0 Å². The molecule has 0 aromatic carbocycles. The minimum Gasteiger partial charge on any atom is -0.462 e. The van der Waals surface area contributed by atoms with Gasteiger partial charge in [0.25, 0.3) is 0 Å². The molecule has 0 spiro atoms. The van der Waals surface area contributed by atoms with Gasteiger partial charge in [-0.1, -0.05) is 345 Å². The number of unbranched alkanes of at least 4 members (excludes halogenated alkanes) is 45. The fraction of sp³-hybridized carbons (Fsp3) is 0.847. The number of hydrogen-bond donors (Lipinski definition) is 0. The van der Waals surface area contributed by atoms with Gasteiger partial charge in [0.15, 0.2) is 6.10 Å². The molecule has 0 radical (unpaired) electrons. The summed E-state index contributed by atoms with van der Waals surface area (Å²) >= 11 is 0. The molecule has 0 N–H and O–H groups in total. The molecule has 0 aliphatic rings. The maximum Gasteiger partial charge on any atom is 0.306 e. The molecule has 6 nitrogen and oxygen atoms in total. The van der Waals surface area contributed by atoms with Crippen LogP contribution in [0.15, 0.2) is 48.6 Å². The van der Waals surface area contributed by atoms with Gasteiger partial charge in [0, 0.05) is 19.3 Å². The number of esters is 3. The van der Waals surface area contributed by atoms with Crippen molar-refractivity contribution >= 4 is 17.9 Å². The van der Waals surface area contributed by atoms with E-state index in [0.717, 1.165) is 96.3 Å². The molecule has 78 heavy (non-hydrogen) atoms. The largest absolute Gasteiger partial charge is 0.462 e. The number of ether oxygens (including phenoxy) is 3. The molecule has 456 valence electrons. The third-order valence-electron chi connectivity index (χ3n) is 15.6. The highest BCUT2D eigenvalue weighted by molar-refractivity contribution is 5.71. The molecule has 0 bridgehead atoms. The molecule has 0 aliphatic heterocycles. The molecule has 0 aliphatic carbocycles. The smallest absolute Gasteiger partial charge is 0.306 e. The van der Waals surface area contributed by atoms with E-state index in [2.05, 4.69) is 69.4 Å². The van der Waals surface area contributed by atoms with Crippen LogP contribution in [0.25, 0.3) is 0 Å². The Labute approximate surface area is 486 Å². The number of rotatable bonds is 64. The van der Waals surface area contributed by atoms with Crippen molar-refractivity contribution in [2.45, 2.75) is 380 Å². The zero-order valence-corrected chi connectivity index (χ0v) is 52.5. The number of hydrogen-bond acceptors (Lipinski definition) is 6. The van der Waals surface area contributed by atoms with E-state index < -0.39 is 6.10 Å². The summed E-state index contributed by atoms with van der Waals surface area (Å²) in [7, 11) is 0. The molecule has 0 saturated heterocycles. The summed E-state index contributed by atoms with van der Waals surface area (Å²) in [5.74, 6) is -0.872. The lowest BCUT2D eigenvalue weighted by molar-refractivity contribution is -0.167. The highest BCUT2D eigenvalue weighted by Crippen LogP contribution is 2.19. The van der Waals surface area contributed by atoms with Gasteiger partial charge in [-0.15, -0.1) is 0 Å². The SMILES string of the molecule is CC/C=C\C/C=C\C/C=C\C/C=C\CCCCCCC(=O)OCC(COC(=O)CCCCCCCCCCCCCCCCCCCCCCCC)OC(=O)CCCCCCCCCCCCCCCCCCCCCCC. The van der Waals surface area contributed by atoms with Gasteiger partial charge in [0.2, 0.25) is 0 Å². The van der Waals surface area contributed by atoms with E-state index in [0.29, 0.717) is 19.3 Å². The van der Waals surface area contributed by atoms with Gasteiger partial charge < -0.3 is 14.2 Å². The molecule has 0 amide bonds. The molecule has 0 rings (SSSR count). The molecule has 1 unspecified atom stereocenters. The first-order valence-corrected chi connectivity index (χ1v) is 34.6. The van der Waals surface area contributed by atoms with E-state index in [-0.39, 0.29) is 31.1 Å². The lowest BCUT2D eigenvalue weighted by Gasteiger charge is -2.18. The van der Waals surface area contributed by atoms with Crippen molar-refractivity contribution in [1.82, 2.24) is 0 Å². The second kappa shape index (κ2) is 66.9. The van der Waals surface area contributed by atoms with Crippen LogP contribution in [0, 0.1) is 0 Å². The van der Waals surface area contributed by atoms with Gasteiger partial charge in [-0.3, -0.25) is 14.4 Å². The van der Waals surface area contributed by atoms with E-state index in [9.17, 15) is 14.4 Å². The van der Waals surface area contributed by atoms with Crippen LogP contribution in [0.5, 0.6) is 0 Å². The standard InChI is InChI=1S/C72H132O6/c1-4-7-10-13-16-19-22-25-28-31-33-35-37-38-41-44-47-50-53-56-59-62-65-71(74)77-68-69(67-76-70(73)64-61-58-55-52-49-46-43-40-30-27-24-21-18-15-12-9-6-3)78-72(75)66-63-60-57-54-51-48-45-42-39-36-34-32-29-26-23-20-17-14-11-8-5-2/h9,12,18,21,27,30,43,46,69H,4-8,10-11,13-17,19-20,22-26,28-29,31-42,44-45,47-68H2,1-3H3/b12-9-,21-18-,30-27-,46-43-. The van der Waals surface area contributed by atoms with E-state index in [1.54, 1.807) is 0 Å². The highest BCUT2D eigenvalue weighted by Gasteiger charge is 2.19. The Balaban J connectivity index is 4.32. The number of carbonyl (C=O) groups is 3. The predicted octanol–water partition coefficient (Wildman–Crippen LogP) is 23.7. The van der Waals surface area contributed by atoms with Crippen molar-refractivity contribution in [3.63, 3.8) is 0 Å². The van der Waals surface area contributed by atoms with Crippen LogP contribution < -0.4 is 0 Å². The first-order valence-electron chi connectivity index (χ1n) is 34.6. The maximum atomic E-state index is 13.0. The Kier molecular flexibility index (Phi) is 64.6. The topological polar surface area (TPSA) is 78.9 Å². The Morgan fingerprint density at radius 2 is 0.500 bits per heavy atom. The van der Waals surface area contributed by atoms with Gasteiger partial charge in [-0.05, 0) is 57.8 Å². The van der Waals surface area contributed by atoms with Crippen LogP contribution >= 0.6 is 0 Å². The average molecular weight is 1090 g/mol. The fourth-order valence-electron chi connectivity index (χ4n) is 10.4. The summed E-state index contributed by atoms with van der Waals surface area (Å²) in [5, 5.41) is 0. The van der Waals surface area contributed by atoms with Gasteiger partial charge in [0.05, 0.1) is 0 Å². The van der Waals surface area contributed by atoms with Crippen LogP contribution in [0.1, 0.15) is 374 Å². The third-order valence-corrected chi connectivity index (χ3v) is 15.6. The summed E-state index contributed by atoms with van der Waals surface area (Å²) < 4.78 is 17.0. The van der Waals surface area contributed by atoms with Crippen molar-refractivity contribution in [2.24, 2.45) is 0 Å². The summed E-state index contributed by atoms with van der Waals surface area (Å²) in [6, 6.07) is 0. The minimum atomic E-state index is -0.782. The normalized spacial score (nSPS) is 12.3. The van der Waals surface area contributed by atoms with Crippen LogP contribution in [0.3, 0.4) is 0 Å². The lowest BCUT2D eigenvalue weighted by Crippen LogP contribution is -2.30. The van der Waals surface area contributed by atoms with Crippen molar-refractivity contribution < 1.29 is 28.6 Å². The van der Waals surface area contributed by atoms with Gasteiger partial charge in [-0.2, -0.15) is 0 Å². The van der Waals surface area contributed by atoms with Crippen LogP contribution in [0.2, 0.25) is 0 Å². The Morgan fingerprint density at radius 3 is 0.782 bits per heavy atom. The summed E-state index contributed by atoms with van der Waals surface area (Å²) in [6.07, 6.45) is 84.2. The van der Waals surface area contributed by atoms with Crippen LogP contribution in [0.4, 0.5) is 0 Å². The van der Waals surface area contributed by atoms with Crippen LogP contribution in [-0.2, 0) is 28.6 Å². The molecule has 0 saturated carbocycles. The van der Waals surface area contributed by atoms with E-state index in [4.69, 9.17) is 14.2 Å². The Hall–Kier alpha value is -2.63. The summed E-state index contributed by atoms with van der Waals surface area (Å²) in [5.41, 5.74) is 0. The highest BCUT2D eigenvalue weighted by atomic mass is 16.6. The minimum absolute atomic E-state index is 0.0756. The van der Waals surface area contributed by atoms with Crippen molar-refractivity contribution in [2.75, 3.05) is 13.2 Å². The molecule has 1 atom stereocenters. The van der Waals surface area contributed by atoms with Crippen molar-refractivity contribution in [3.8, 4) is 0 Å². The first-order chi connectivity index (χ1) is 38.5. The quantitative estimate of drug-likeness (QED) is 0.0261. The van der Waals surface area contributed by atoms with Gasteiger partial charge in [0.1, 0.15) is 13.2 Å². The molecular formula is C72H132O6. The molecule has 0 aromatic rings. The zero-order valence-electron chi connectivity index (χ0n) is 52.5. The maximum absolute atomic E-state index is 13.0.